The molecule has 0 unspecified atom stereocenters. The van der Waals surface area contributed by atoms with E-state index >= 15 is 0 Å². The summed E-state index contributed by atoms with van der Waals surface area (Å²) in [5.41, 5.74) is 7.61. The van der Waals surface area contributed by atoms with E-state index in [0.717, 1.165) is 5.56 Å². The molecule has 2 rings (SSSR count). The van der Waals surface area contributed by atoms with Gasteiger partial charge in [0.05, 0.1) is 0 Å². The summed E-state index contributed by atoms with van der Waals surface area (Å²) in [6.07, 6.45) is 1.63. The van der Waals surface area contributed by atoms with Crippen LogP contribution in [0.4, 0.5) is 5.82 Å². The number of nitrogens with zero attached hydrogens (tertiary/aromatic N) is 1. The van der Waals surface area contributed by atoms with Crippen molar-refractivity contribution < 1.29 is 4.79 Å². The number of hydrogen-bond donors (Lipinski definition) is 2. The Kier molecular flexibility index (Phi) is 3.87. The average Bonchev–Trinajstić information content (AvgIpc) is 2.41. The van der Waals surface area contributed by atoms with Crippen molar-refractivity contribution in [3.8, 4) is 0 Å². The first kappa shape index (κ1) is 13.2. The van der Waals surface area contributed by atoms with Gasteiger partial charge in [-0.3, -0.25) is 4.79 Å². The van der Waals surface area contributed by atoms with Crippen molar-refractivity contribution in [2.24, 2.45) is 5.73 Å². The SMILES string of the molecule is Cc1cccnc1NC(=O)c1cccc(C(N)=S)c1. The molecule has 96 valence electrons. The number of benzene rings is 1. The summed E-state index contributed by atoms with van der Waals surface area (Å²) in [6, 6.07) is 10.6. The van der Waals surface area contributed by atoms with Gasteiger partial charge in [-0.1, -0.05) is 30.4 Å². The van der Waals surface area contributed by atoms with E-state index in [-0.39, 0.29) is 10.9 Å². The van der Waals surface area contributed by atoms with Crippen molar-refractivity contribution in [1.29, 1.82) is 0 Å². The van der Waals surface area contributed by atoms with Gasteiger partial charge < -0.3 is 11.1 Å². The number of pyridine rings is 1. The molecule has 4 nitrogen and oxygen atoms in total. The van der Waals surface area contributed by atoms with Crippen molar-refractivity contribution in [1.82, 2.24) is 4.98 Å². The third kappa shape index (κ3) is 3.14. The third-order valence-corrected chi connectivity index (χ3v) is 2.89. The first-order valence-corrected chi connectivity index (χ1v) is 6.11. The molecule has 1 aromatic carbocycles. The van der Waals surface area contributed by atoms with Crippen LogP contribution in [0.3, 0.4) is 0 Å². The minimum atomic E-state index is -0.236. The van der Waals surface area contributed by atoms with Gasteiger partial charge in [0.1, 0.15) is 10.8 Å². The number of nitrogens with two attached hydrogens (primary N) is 1. The molecule has 0 saturated carbocycles. The predicted octanol–water partition coefficient (Wildman–Crippen LogP) is 2.28. The Labute approximate surface area is 116 Å². The molecule has 1 amide bonds. The second-order valence-corrected chi connectivity index (χ2v) is 4.51. The lowest BCUT2D eigenvalue weighted by Crippen LogP contribution is -2.16. The van der Waals surface area contributed by atoms with Crippen molar-refractivity contribution in [2.75, 3.05) is 5.32 Å². The summed E-state index contributed by atoms with van der Waals surface area (Å²) in [7, 11) is 0. The molecular formula is C14H13N3OS. The lowest BCUT2D eigenvalue weighted by molar-refractivity contribution is 0.102. The molecule has 2 aromatic rings. The van der Waals surface area contributed by atoms with Crippen LogP contribution in [0.1, 0.15) is 21.5 Å². The van der Waals surface area contributed by atoms with E-state index in [9.17, 15) is 4.79 Å². The van der Waals surface area contributed by atoms with Gasteiger partial charge in [0.15, 0.2) is 0 Å². The Morgan fingerprint density at radius 3 is 2.68 bits per heavy atom. The van der Waals surface area contributed by atoms with E-state index in [4.69, 9.17) is 18.0 Å². The van der Waals surface area contributed by atoms with Crippen LogP contribution in [-0.4, -0.2) is 15.9 Å². The van der Waals surface area contributed by atoms with Gasteiger partial charge in [-0.15, -0.1) is 0 Å². The van der Waals surface area contributed by atoms with Crippen LogP contribution < -0.4 is 11.1 Å². The second kappa shape index (κ2) is 5.58. The molecule has 19 heavy (non-hydrogen) atoms. The largest absolute Gasteiger partial charge is 0.389 e. The normalized spacial score (nSPS) is 9.95. The Morgan fingerprint density at radius 2 is 2.00 bits per heavy atom. The fourth-order valence-electron chi connectivity index (χ4n) is 1.61. The quantitative estimate of drug-likeness (QED) is 0.840. The molecule has 0 spiro atoms. The van der Waals surface area contributed by atoms with Crippen molar-refractivity contribution >= 4 is 28.9 Å². The fourth-order valence-corrected chi connectivity index (χ4v) is 1.74. The van der Waals surface area contributed by atoms with Gasteiger partial charge >= 0.3 is 0 Å². The number of hydrogen-bond acceptors (Lipinski definition) is 3. The molecule has 1 heterocycles. The first-order valence-electron chi connectivity index (χ1n) is 5.71. The molecule has 5 heteroatoms. The van der Waals surface area contributed by atoms with Crippen molar-refractivity contribution in [2.45, 2.75) is 6.92 Å². The maximum absolute atomic E-state index is 12.1. The molecule has 0 radical (unpaired) electrons. The summed E-state index contributed by atoms with van der Waals surface area (Å²) < 4.78 is 0. The molecule has 0 atom stereocenters. The zero-order valence-corrected chi connectivity index (χ0v) is 11.2. The maximum Gasteiger partial charge on any atom is 0.256 e. The number of nitrogens with one attached hydrogen (secondary N) is 1. The van der Waals surface area contributed by atoms with Gasteiger partial charge in [-0.2, -0.15) is 0 Å². The van der Waals surface area contributed by atoms with E-state index in [1.54, 1.807) is 30.5 Å². The van der Waals surface area contributed by atoms with Crippen LogP contribution in [0.5, 0.6) is 0 Å². The van der Waals surface area contributed by atoms with E-state index in [1.807, 2.05) is 19.1 Å². The predicted molar refractivity (Wildman–Crippen MR) is 79.3 cm³/mol. The van der Waals surface area contributed by atoms with Gasteiger partial charge in [0.2, 0.25) is 0 Å². The number of amides is 1. The number of rotatable bonds is 3. The highest BCUT2D eigenvalue weighted by atomic mass is 32.1. The van der Waals surface area contributed by atoms with Crippen LogP contribution in [0.25, 0.3) is 0 Å². The minimum Gasteiger partial charge on any atom is -0.389 e. The number of thiocarbonyl (C=S) groups is 1. The van der Waals surface area contributed by atoms with Gasteiger partial charge in [-0.25, -0.2) is 4.98 Å². The van der Waals surface area contributed by atoms with Crippen molar-refractivity contribution in [3.63, 3.8) is 0 Å². The van der Waals surface area contributed by atoms with Gasteiger partial charge in [-0.05, 0) is 30.7 Å². The van der Waals surface area contributed by atoms with E-state index in [1.165, 1.54) is 0 Å². The number of aromatic nitrogens is 1. The summed E-state index contributed by atoms with van der Waals surface area (Å²) in [5.74, 6) is 0.313. The van der Waals surface area contributed by atoms with Crippen LogP contribution in [0, 0.1) is 6.92 Å². The maximum atomic E-state index is 12.1. The van der Waals surface area contributed by atoms with E-state index < -0.39 is 0 Å². The minimum absolute atomic E-state index is 0.236. The van der Waals surface area contributed by atoms with Crippen LogP contribution >= 0.6 is 12.2 Å². The number of carbonyl (C=O) groups excluding carboxylic acids is 1. The topological polar surface area (TPSA) is 68.0 Å². The number of carbonyl (C=O) groups is 1. The highest BCUT2D eigenvalue weighted by Gasteiger charge is 2.09. The van der Waals surface area contributed by atoms with E-state index in [2.05, 4.69) is 10.3 Å². The Morgan fingerprint density at radius 1 is 1.26 bits per heavy atom. The summed E-state index contributed by atoms with van der Waals surface area (Å²) in [5, 5.41) is 2.76. The van der Waals surface area contributed by atoms with Crippen LogP contribution in [0.15, 0.2) is 42.6 Å². The monoisotopic (exact) mass is 271 g/mol. The lowest BCUT2D eigenvalue weighted by Gasteiger charge is -2.07. The molecule has 0 bridgehead atoms. The first-order chi connectivity index (χ1) is 9.08. The zero-order valence-electron chi connectivity index (χ0n) is 10.4. The Bertz CT molecular complexity index is 640. The number of anilines is 1. The molecule has 0 aliphatic rings. The molecule has 0 fully saturated rings. The third-order valence-electron chi connectivity index (χ3n) is 2.65. The standard InChI is InChI=1S/C14H13N3OS/c1-9-4-3-7-16-13(9)17-14(18)11-6-2-5-10(8-11)12(15)19/h2-8H,1H3,(H2,15,19)(H,16,17,18). The second-order valence-electron chi connectivity index (χ2n) is 4.07. The van der Waals surface area contributed by atoms with Crippen LogP contribution in [-0.2, 0) is 0 Å². The van der Waals surface area contributed by atoms with Crippen molar-refractivity contribution in [3.05, 3.63) is 59.3 Å². The Balaban J connectivity index is 2.23. The molecule has 3 N–H and O–H groups in total. The number of aryl methyl sites for hydroxylation is 1. The van der Waals surface area contributed by atoms with E-state index in [0.29, 0.717) is 16.9 Å². The highest BCUT2D eigenvalue weighted by Crippen LogP contribution is 2.12. The van der Waals surface area contributed by atoms with Crippen LogP contribution in [0.2, 0.25) is 0 Å². The Hall–Kier alpha value is -2.27. The lowest BCUT2D eigenvalue weighted by atomic mass is 10.1. The zero-order chi connectivity index (χ0) is 13.8. The molecule has 0 aliphatic carbocycles. The molecule has 0 saturated heterocycles. The molecular weight excluding hydrogens is 258 g/mol. The highest BCUT2D eigenvalue weighted by molar-refractivity contribution is 7.80. The average molecular weight is 271 g/mol. The summed E-state index contributed by atoms with van der Waals surface area (Å²) in [4.78, 5) is 16.5. The van der Waals surface area contributed by atoms with Gasteiger partial charge in [0.25, 0.3) is 5.91 Å². The smallest absolute Gasteiger partial charge is 0.256 e. The molecule has 0 aliphatic heterocycles. The van der Waals surface area contributed by atoms with Gasteiger partial charge in [0, 0.05) is 17.3 Å². The molecule has 1 aromatic heterocycles. The fraction of sp³-hybridized carbons (Fsp3) is 0.0714. The summed E-state index contributed by atoms with van der Waals surface area (Å²) in [6.45, 7) is 1.88. The summed E-state index contributed by atoms with van der Waals surface area (Å²) >= 11 is 4.89.